The van der Waals surface area contributed by atoms with E-state index in [9.17, 15) is 4.91 Å². The van der Waals surface area contributed by atoms with Gasteiger partial charge in [0.1, 0.15) is 0 Å². The lowest BCUT2D eigenvalue weighted by Crippen LogP contribution is -2.42. The van der Waals surface area contributed by atoms with Crippen molar-refractivity contribution >= 4 is 5.84 Å². The summed E-state index contributed by atoms with van der Waals surface area (Å²) in [5.41, 5.74) is 1.14. The van der Waals surface area contributed by atoms with Gasteiger partial charge in [0.2, 0.25) is 0 Å². The molecule has 3 unspecified atom stereocenters. The van der Waals surface area contributed by atoms with Crippen LogP contribution in [0.4, 0.5) is 0 Å². The van der Waals surface area contributed by atoms with E-state index in [2.05, 4.69) is 33.7 Å². The molecule has 1 saturated heterocycles. The summed E-state index contributed by atoms with van der Waals surface area (Å²) in [5, 5.41) is 6.18. The first-order chi connectivity index (χ1) is 9.20. The number of nitrogens with zero attached hydrogens (tertiary/aromatic N) is 2. The first-order valence-corrected chi connectivity index (χ1v) is 6.79. The van der Waals surface area contributed by atoms with E-state index in [4.69, 9.17) is 4.74 Å². The molecule has 5 nitrogen and oxygen atoms in total. The zero-order valence-corrected chi connectivity index (χ0v) is 11.5. The van der Waals surface area contributed by atoms with E-state index >= 15 is 0 Å². The average molecular weight is 263 g/mol. The number of ether oxygens (including phenoxy) is 1. The molecular weight excluding hydrogens is 242 g/mol. The molecule has 3 atom stereocenters. The predicted octanol–water partition coefficient (Wildman–Crippen LogP) is 2.05. The Morgan fingerprint density at radius 2 is 2.42 bits per heavy atom. The van der Waals surface area contributed by atoms with Crippen LogP contribution in [-0.2, 0) is 4.74 Å². The molecule has 0 aromatic rings. The number of rotatable bonds is 3. The summed E-state index contributed by atoms with van der Waals surface area (Å²) in [6.45, 7) is 6.25. The summed E-state index contributed by atoms with van der Waals surface area (Å²) in [6.07, 6.45) is 7.71. The molecular formula is C14H21N3O2. The SMILES string of the molecule is CC(N=O)=NC(C)C1=CCC(C2CNCCO2)C=C1. The summed E-state index contributed by atoms with van der Waals surface area (Å²) < 4.78 is 5.77. The van der Waals surface area contributed by atoms with Crippen LogP contribution in [0.2, 0.25) is 0 Å². The molecule has 1 heterocycles. The van der Waals surface area contributed by atoms with E-state index in [0.29, 0.717) is 11.8 Å². The van der Waals surface area contributed by atoms with Crippen molar-refractivity contribution in [1.82, 2.24) is 5.32 Å². The summed E-state index contributed by atoms with van der Waals surface area (Å²) in [4.78, 5) is 14.6. The van der Waals surface area contributed by atoms with E-state index < -0.39 is 0 Å². The van der Waals surface area contributed by atoms with E-state index in [1.165, 1.54) is 0 Å². The van der Waals surface area contributed by atoms with Crippen molar-refractivity contribution < 1.29 is 4.74 Å². The molecule has 0 radical (unpaired) electrons. The molecule has 104 valence electrons. The first-order valence-electron chi connectivity index (χ1n) is 6.79. The van der Waals surface area contributed by atoms with Gasteiger partial charge in [-0.15, -0.1) is 4.91 Å². The minimum Gasteiger partial charge on any atom is -0.375 e. The van der Waals surface area contributed by atoms with Crippen LogP contribution < -0.4 is 5.32 Å². The second kappa shape index (κ2) is 6.73. The van der Waals surface area contributed by atoms with Crippen LogP contribution in [0.5, 0.6) is 0 Å². The van der Waals surface area contributed by atoms with Crippen molar-refractivity contribution in [3.05, 3.63) is 28.7 Å². The highest BCUT2D eigenvalue weighted by Gasteiger charge is 2.23. The van der Waals surface area contributed by atoms with E-state index in [-0.39, 0.29) is 12.1 Å². The Labute approximate surface area is 113 Å². The quantitative estimate of drug-likeness (QED) is 0.481. The van der Waals surface area contributed by atoms with Gasteiger partial charge in [-0.1, -0.05) is 18.2 Å². The summed E-state index contributed by atoms with van der Waals surface area (Å²) in [6, 6.07) is -0.0136. The summed E-state index contributed by atoms with van der Waals surface area (Å²) in [5.74, 6) is 0.724. The van der Waals surface area contributed by atoms with Crippen molar-refractivity contribution in [2.75, 3.05) is 19.7 Å². The van der Waals surface area contributed by atoms with Crippen molar-refractivity contribution in [3.8, 4) is 0 Å². The molecule has 0 saturated carbocycles. The number of amidine groups is 1. The third-order valence-electron chi connectivity index (χ3n) is 3.59. The molecule has 0 bridgehead atoms. The summed E-state index contributed by atoms with van der Waals surface area (Å²) in [7, 11) is 0. The van der Waals surface area contributed by atoms with Gasteiger partial charge in [-0.3, -0.25) is 4.99 Å². The number of hydrogen-bond acceptors (Lipinski definition) is 4. The molecule has 1 aliphatic heterocycles. The van der Waals surface area contributed by atoms with Gasteiger partial charge in [-0.2, -0.15) is 0 Å². The number of aliphatic imine (C=N–C) groups is 1. The highest BCUT2D eigenvalue weighted by atomic mass is 16.5. The average Bonchev–Trinajstić information content (AvgIpc) is 2.48. The van der Waals surface area contributed by atoms with Crippen LogP contribution in [0.25, 0.3) is 0 Å². The maximum absolute atomic E-state index is 10.3. The van der Waals surface area contributed by atoms with Gasteiger partial charge in [-0.25, -0.2) is 0 Å². The van der Waals surface area contributed by atoms with Crippen molar-refractivity contribution in [1.29, 1.82) is 0 Å². The van der Waals surface area contributed by atoms with Gasteiger partial charge in [0, 0.05) is 19.0 Å². The fourth-order valence-electron chi connectivity index (χ4n) is 2.48. The molecule has 2 aliphatic rings. The molecule has 19 heavy (non-hydrogen) atoms. The highest BCUT2D eigenvalue weighted by molar-refractivity contribution is 5.80. The van der Waals surface area contributed by atoms with Gasteiger partial charge in [0.15, 0.2) is 5.84 Å². The number of allylic oxidation sites excluding steroid dienone is 1. The highest BCUT2D eigenvalue weighted by Crippen LogP contribution is 2.24. The van der Waals surface area contributed by atoms with Crippen molar-refractivity contribution in [3.63, 3.8) is 0 Å². The smallest absolute Gasteiger partial charge is 0.165 e. The Morgan fingerprint density at radius 1 is 1.58 bits per heavy atom. The Balaban J connectivity index is 1.93. The third kappa shape index (κ3) is 3.81. The lowest BCUT2D eigenvalue weighted by molar-refractivity contribution is 0.00351. The van der Waals surface area contributed by atoms with Gasteiger partial charge in [0.25, 0.3) is 0 Å². The number of morpholine rings is 1. The molecule has 0 amide bonds. The fraction of sp³-hybridized carbons (Fsp3) is 0.643. The normalized spacial score (nSPS) is 29.8. The molecule has 1 aliphatic carbocycles. The lowest BCUT2D eigenvalue weighted by atomic mass is 9.89. The lowest BCUT2D eigenvalue weighted by Gasteiger charge is -2.30. The van der Waals surface area contributed by atoms with Gasteiger partial charge in [-0.05, 0) is 31.0 Å². The van der Waals surface area contributed by atoms with Crippen molar-refractivity contribution in [2.24, 2.45) is 16.1 Å². The van der Waals surface area contributed by atoms with E-state index in [1.807, 2.05) is 6.92 Å². The molecule has 0 spiro atoms. The van der Waals surface area contributed by atoms with E-state index in [1.54, 1.807) is 6.92 Å². The molecule has 1 N–H and O–H groups in total. The standard InChI is InChI=1S/C14H21N3O2/c1-10(16-11(2)17-18)12-3-5-13(6-4-12)14-9-15-7-8-19-14/h3-5,10,13-15H,6-9H2,1-2H3. The molecule has 0 aromatic heterocycles. The van der Waals surface area contributed by atoms with Gasteiger partial charge < -0.3 is 10.1 Å². The van der Waals surface area contributed by atoms with Gasteiger partial charge in [0.05, 0.1) is 18.8 Å². The number of nitroso groups, excluding NO2 is 1. The Hall–Kier alpha value is -1.33. The maximum atomic E-state index is 10.3. The Kier molecular flexibility index (Phi) is 4.99. The predicted molar refractivity (Wildman–Crippen MR) is 76.3 cm³/mol. The zero-order valence-electron chi connectivity index (χ0n) is 11.5. The van der Waals surface area contributed by atoms with Crippen LogP contribution in [-0.4, -0.2) is 37.7 Å². The number of nitrogens with one attached hydrogen (secondary N) is 1. The molecule has 0 aromatic carbocycles. The minimum atomic E-state index is -0.0136. The topological polar surface area (TPSA) is 63.0 Å². The van der Waals surface area contributed by atoms with Crippen LogP contribution in [0.1, 0.15) is 20.3 Å². The minimum absolute atomic E-state index is 0.0136. The first kappa shape index (κ1) is 14.1. The zero-order chi connectivity index (χ0) is 13.7. The second-order valence-electron chi connectivity index (χ2n) is 5.02. The largest absolute Gasteiger partial charge is 0.375 e. The summed E-state index contributed by atoms with van der Waals surface area (Å²) >= 11 is 0. The third-order valence-corrected chi connectivity index (χ3v) is 3.59. The maximum Gasteiger partial charge on any atom is 0.165 e. The fourth-order valence-corrected chi connectivity index (χ4v) is 2.48. The molecule has 5 heteroatoms. The Morgan fingerprint density at radius 3 is 3.00 bits per heavy atom. The van der Waals surface area contributed by atoms with Crippen LogP contribution in [0.3, 0.4) is 0 Å². The molecule has 2 rings (SSSR count). The number of hydrogen-bond donors (Lipinski definition) is 1. The van der Waals surface area contributed by atoms with Gasteiger partial charge >= 0.3 is 0 Å². The van der Waals surface area contributed by atoms with E-state index in [0.717, 1.165) is 31.7 Å². The van der Waals surface area contributed by atoms with Crippen LogP contribution in [0.15, 0.2) is 34.0 Å². The monoisotopic (exact) mass is 263 g/mol. The van der Waals surface area contributed by atoms with Crippen LogP contribution >= 0.6 is 0 Å². The van der Waals surface area contributed by atoms with Crippen molar-refractivity contribution in [2.45, 2.75) is 32.4 Å². The van der Waals surface area contributed by atoms with Crippen LogP contribution in [0, 0.1) is 10.8 Å². The Bertz CT molecular complexity index is 409. The molecule has 1 fully saturated rings. The second-order valence-corrected chi connectivity index (χ2v) is 5.02.